The van der Waals surface area contributed by atoms with Gasteiger partial charge in [0.2, 0.25) is 0 Å². The van der Waals surface area contributed by atoms with E-state index in [-0.39, 0.29) is 0 Å². The normalized spacial score (nSPS) is 31.2. The summed E-state index contributed by atoms with van der Waals surface area (Å²) < 4.78 is 16.9. The number of unbranched alkanes of at least 4 members (excludes halogenated alkanes) is 2. The fourth-order valence-electron chi connectivity index (χ4n) is 5.35. The van der Waals surface area contributed by atoms with Crippen molar-refractivity contribution in [2.75, 3.05) is 21.3 Å². The van der Waals surface area contributed by atoms with Gasteiger partial charge in [0.05, 0.1) is 0 Å². The molecule has 0 heterocycles. The van der Waals surface area contributed by atoms with Gasteiger partial charge in [-0.25, -0.2) is 0 Å². The predicted octanol–water partition coefficient (Wildman–Crippen LogP) is 6.06. The summed E-state index contributed by atoms with van der Waals surface area (Å²) in [6.07, 6.45) is 17.2. The molecule has 4 heteroatoms. The second-order valence-corrected chi connectivity index (χ2v) is 11.6. The molecule has 2 fully saturated rings. The van der Waals surface area contributed by atoms with E-state index in [0.717, 1.165) is 29.7 Å². The number of rotatable bonds is 10. The summed E-state index contributed by atoms with van der Waals surface area (Å²) in [4.78, 5) is 0. The molecule has 0 unspecified atom stereocenters. The van der Waals surface area contributed by atoms with Gasteiger partial charge < -0.3 is 13.3 Å². The molecule has 2 aliphatic carbocycles. The van der Waals surface area contributed by atoms with Gasteiger partial charge in [-0.15, -0.1) is 0 Å². The Labute approximate surface area is 157 Å². The van der Waals surface area contributed by atoms with E-state index in [9.17, 15) is 0 Å². The quantitative estimate of drug-likeness (QED) is 0.346. The molecule has 0 radical (unpaired) electrons. The minimum atomic E-state index is -2.39. The maximum Gasteiger partial charge on any atom is 0.500 e. The average Bonchev–Trinajstić information content (AvgIpc) is 2.68. The lowest BCUT2D eigenvalue weighted by Gasteiger charge is -2.39. The topological polar surface area (TPSA) is 27.7 Å². The van der Waals surface area contributed by atoms with Crippen LogP contribution in [-0.2, 0) is 13.3 Å². The summed E-state index contributed by atoms with van der Waals surface area (Å²) >= 11 is 0. The molecule has 2 saturated carbocycles. The fourth-order valence-corrected chi connectivity index (χ4v) is 7.46. The van der Waals surface area contributed by atoms with E-state index in [1.54, 1.807) is 21.3 Å². The molecule has 0 N–H and O–H groups in total. The second kappa shape index (κ2) is 11.1. The van der Waals surface area contributed by atoms with E-state index in [0.29, 0.717) is 0 Å². The molecule has 0 aromatic carbocycles. The van der Waals surface area contributed by atoms with Crippen molar-refractivity contribution in [2.45, 2.75) is 90.0 Å². The highest BCUT2D eigenvalue weighted by Gasteiger charge is 2.42. The van der Waals surface area contributed by atoms with Gasteiger partial charge in [0, 0.05) is 27.4 Å². The highest BCUT2D eigenvalue weighted by atomic mass is 28.4. The number of hydrogen-bond donors (Lipinski definition) is 0. The Morgan fingerprint density at radius 1 is 0.680 bits per heavy atom. The third kappa shape index (κ3) is 6.33. The summed E-state index contributed by atoms with van der Waals surface area (Å²) in [7, 11) is 2.83. The molecule has 2 aliphatic rings. The molecule has 0 aromatic heterocycles. The average molecular weight is 371 g/mol. The van der Waals surface area contributed by atoms with Crippen LogP contribution in [0.15, 0.2) is 0 Å². The molecule has 3 nitrogen and oxygen atoms in total. The Hall–Kier alpha value is 0.0969. The van der Waals surface area contributed by atoms with Crippen LogP contribution >= 0.6 is 0 Å². The van der Waals surface area contributed by atoms with Gasteiger partial charge in [-0.1, -0.05) is 58.3 Å². The Kier molecular flexibility index (Phi) is 9.46. The van der Waals surface area contributed by atoms with Crippen LogP contribution in [0.4, 0.5) is 0 Å². The first kappa shape index (κ1) is 21.4. The van der Waals surface area contributed by atoms with Crippen LogP contribution in [0.25, 0.3) is 0 Å². The standard InChI is InChI=1S/C21H42O3Si/c1-5-6-7-8-18-9-13-20(14-10-18)21-15-11-19(12-16-21)17-25(22-2,23-3)24-4/h18-21H,5-17H2,1-4H3/t18?,19-,20?,21-. The summed E-state index contributed by atoms with van der Waals surface area (Å²) in [5.74, 6) is 3.76. The first-order chi connectivity index (χ1) is 12.2. The molecule has 0 atom stereocenters. The Morgan fingerprint density at radius 3 is 1.60 bits per heavy atom. The molecule has 0 amide bonds. The molecule has 2 rings (SSSR count). The summed E-state index contributed by atoms with van der Waals surface area (Å²) in [5, 5.41) is 0. The third-order valence-corrected chi connectivity index (χ3v) is 10.1. The first-order valence-corrected chi connectivity index (χ1v) is 12.7. The van der Waals surface area contributed by atoms with Gasteiger partial charge in [-0.2, -0.15) is 0 Å². The molecule has 148 valence electrons. The second-order valence-electron chi connectivity index (χ2n) is 8.56. The van der Waals surface area contributed by atoms with Crippen LogP contribution < -0.4 is 0 Å². The smallest absolute Gasteiger partial charge is 0.377 e. The Bertz CT molecular complexity index is 335. The summed E-state index contributed by atoms with van der Waals surface area (Å²) in [5.41, 5.74) is 0. The largest absolute Gasteiger partial charge is 0.500 e. The fraction of sp³-hybridized carbons (Fsp3) is 1.00. The summed E-state index contributed by atoms with van der Waals surface area (Å²) in [6.45, 7) is 2.31. The predicted molar refractivity (Wildman–Crippen MR) is 107 cm³/mol. The van der Waals surface area contributed by atoms with Crippen molar-refractivity contribution in [3.8, 4) is 0 Å². The van der Waals surface area contributed by atoms with Crippen molar-refractivity contribution in [3.63, 3.8) is 0 Å². The van der Waals surface area contributed by atoms with E-state index >= 15 is 0 Å². The van der Waals surface area contributed by atoms with E-state index in [2.05, 4.69) is 6.92 Å². The van der Waals surface area contributed by atoms with Gasteiger partial charge in [-0.05, 0) is 49.4 Å². The Morgan fingerprint density at radius 2 is 1.16 bits per heavy atom. The SMILES string of the molecule is CCCCCC1CCC([C@H]2CC[C@H](C[Si](OC)(OC)OC)CC2)CC1. The molecule has 0 aromatic rings. The lowest BCUT2D eigenvalue weighted by molar-refractivity contribution is 0.105. The van der Waals surface area contributed by atoms with Crippen molar-refractivity contribution < 1.29 is 13.3 Å². The minimum absolute atomic E-state index is 0.730. The zero-order valence-electron chi connectivity index (χ0n) is 17.2. The van der Waals surface area contributed by atoms with E-state index in [1.807, 2.05) is 0 Å². The molecule has 0 saturated heterocycles. The molecule has 0 aliphatic heterocycles. The van der Waals surface area contributed by atoms with Crippen LogP contribution in [-0.4, -0.2) is 30.1 Å². The van der Waals surface area contributed by atoms with Gasteiger partial charge in [-0.3, -0.25) is 0 Å². The van der Waals surface area contributed by atoms with Crippen molar-refractivity contribution in [1.82, 2.24) is 0 Å². The van der Waals surface area contributed by atoms with Crippen LogP contribution in [0.5, 0.6) is 0 Å². The molecular weight excluding hydrogens is 328 g/mol. The van der Waals surface area contributed by atoms with Crippen LogP contribution in [0, 0.1) is 23.7 Å². The monoisotopic (exact) mass is 370 g/mol. The lowest BCUT2D eigenvalue weighted by Crippen LogP contribution is -2.45. The van der Waals surface area contributed by atoms with Gasteiger partial charge in [0.25, 0.3) is 0 Å². The van der Waals surface area contributed by atoms with Crippen molar-refractivity contribution in [2.24, 2.45) is 23.7 Å². The molecule has 0 spiro atoms. The van der Waals surface area contributed by atoms with Crippen molar-refractivity contribution in [3.05, 3.63) is 0 Å². The number of hydrogen-bond acceptors (Lipinski definition) is 3. The Balaban J connectivity index is 1.69. The minimum Gasteiger partial charge on any atom is -0.377 e. The molecular formula is C21H42O3Si. The highest BCUT2D eigenvalue weighted by molar-refractivity contribution is 6.60. The van der Waals surface area contributed by atoms with E-state index < -0.39 is 8.80 Å². The zero-order valence-corrected chi connectivity index (χ0v) is 18.2. The first-order valence-electron chi connectivity index (χ1n) is 10.8. The summed E-state index contributed by atoms with van der Waals surface area (Å²) in [6, 6.07) is 0.993. The third-order valence-electron chi connectivity index (χ3n) is 7.14. The zero-order chi connectivity index (χ0) is 18.1. The van der Waals surface area contributed by atoms with Gasteiger partial charge in [0.15, 0.2) is 0 Å². The van der Waals surface area contributed by atoms with Crippen LogP contribution in [0.3, 0.4) is 0 Å². The highest BCUT2D eigenvalue weighted by Crippen LogP contribution is 2.43. The maximum atomic E-state index is 5.63. The lowest BCUT2D eigenvalue weighted by atomic mass is 9.69. The van der Waals surface area contributed by atoms with Crippen LogP contribution in [0.1, 0.15) is 84.0 Å². The van der Waals surface area contributed by atoms with Crippen LogP contribution in [0.2, 0.25) is 6.04 Å². The molecule has 25 heavy (non-hydrogen) atoms. The van der Waals surface area contributed by atoms with Crippen molar-refractivity contribution in [1.29, 1.82) is 0 Å². The van der Waals surface area contributed by atoms with E-state index in [1.165, 1.54) is 77.0 Å². The van der Waals surface area contributed by atoms with E-state index in [4.69, 9.17) is 13.3 Å². The van der Waals surface area contributed by atoms with Gasteiger partial charge >= 0.3 is 8.80 Å². The maximum absolute atomic E-state index is 5.63. The van der Waals surface area contributed by atoms with Gasteiger partial charge in [0.1, 0.15) is 0 Å². The van der Waals surface area contributed by atoms with Crippen molar-refractivity contribution >= 4 is 8.80 Å². The molecule has 0 bridgehead atoms.